The standard InChI is InChI=1S/Mg.H3N.H3O3P.2H/c;;1-4(2)3;;/h;1H3;1-3H;;/q+2;;;2*-1. The Morgan fingerprint density at radius 3 is 1.17 bits per heavy atom. The van der Waals surface area contributed by atoms with Gasteiger partial charge in [-0.2, -0.15) is 0 Å². The van der Waals surface area contributed by atoms with Gasteiger partial charge in [-0.3, -0.25) is 0 Å². The minimum Gasteiger partial charge on any atom is -1.00 e. The van der Waals surface area contributed by atoms with Crippen LogP contribution in [0, 0.1) is 0 Å². The van der Waals surface area contributed by atoms with E-state index in [1.54, 1.807) is 0 Å². The minimum atomic E-state index is -2.62. The second-order valence-electron chi connectivity index (χ2n) is 0.268. The molecule has 0 aromatic carbocycles. The summed E-state index contributed by atoms with van der Waals surface area (Å²) in [6.45, 7) is 0. The van der Waals surface area contributed by atoms with Gasteiger partial charge < -0.3 is 23.7 Å². The molecule has 0 aromatic heterocycles. The molecule has 0 fully saturated rings. The normalized spacial score (nSPS) is 6.00. The van der Waals surface area contributed by atoms with Crippen LogP contribution in [0.2, 0.25) is 0 Å². The molecule has 0 unspecified atom stereocenters. The third-order valence-corrected chi connectivity index (χ3v) is 0. The van der Waals surface area contributed by atoms with Gasteiger partial charge in [0.25, 0.3) is 0 Å². The van der Waals surface area contributed by atoms with Crippen LogP contribution >= 0.6 is 8.60 Å². The first kappa shape index (κ1) is 15.7. The van der Waals surface area contributed by atoms with Gasteiger partial charge in [-0.25, -0.2) is 0 Å². The van der Waals surface area contributed by atoms with E-state index in [1.807, 2.05) is 0 Å². The van der Waals surface area contributed by atoms with Gasteiger partial charge in [-0.1, -0.05) is 0 Å². The fourth-order valence-electron chi connectivity index (χ4n) is 0. The van der Waals surface area contributed by atoms with E-state index in [1.165, 1.54) is 0 Å². The first-order valence-electron chi connectivity index (χ1n) is 0.600. The Morgan fingerprint density at radius 2 is 1.17 bits per heavy atom. The Hall–Kier alpha value is 1.04. The molecule has 0 aromatic rings. The molecule has 0 heterocycles. The molecule has 0 radical (unpaired) electrons. The molecule has 0 bridgehead atoms. The van der Waals surface area contributed by atoms with E-state index in [-0.39, 0.29) is 32.1 Å². The van der Waals surface area contributed by atoms with E-state index in [4.69, 9.17) is 14.7 Å². The molecule has 0 aliphatic heterocycles. The predicted molar refractivity (Wildman–Crippen MR) is 26.6 cm³/mol. The molecule has 0 saturated heterocycles. The van der Waals surface area contributed by atoms with Crippen LogP contribution in [0.4, 0.5) is 0 Å². The van der Waals surface area contributed by atoms with Crippen molar-refractivity contribution >= 4 is 31.7 Å². The van der Waals surface area contributed by atoms with E-state index in [0.717, 1.165) is 0 Å². The molecular formula is H8MgNO3P. The number of rotatable bonds is 0. The SMILES string of the molecule is N.OP(O)O.[H-].[H-].[Mg+2]. The molecule has 0 spiro atoms. The van der Waals surface area contributed by atoms with Crippen LogP contribution in [0.25, 0.3) is 0 Å². The monoisotopic (exact) mass is 125 g/mol. The van der Waals surface area contributed by atoms with Crippen LogP contribution in [0.15, 0.2) is 0 Å². The molecule has 4 nitrogen and oxygen atoms in total. The zero-order valence-corrected chi connectivity index (χ0v) is 5.51. The molecule has 0 saturated carbocycles. The van der Waals surface area contributed by atoms with Crippen molar-refractivity contribution < 1.29 is 17.5 Å². The van der Waals surface area contributed by atoms with Gasteiger partial charge in [0.2, 0.25) is 0 Å². The van der Waals surface area contributed by atoms with E-state index < -0.39 is 8.60 Å². The van der Waals surface area contributed by atoms with Crippen molar-refractivity contribution in [1.82, 2.24) is 6.15 Å². The Kier molecular flexibility index (Phi) is 24.6. The summed E-state index contributed by atoms with van der Waals surface area (Å²) in [7, 11) is -2.62. The van der Waals surface area contributed by atoms with Crippen LogP contribution < -0.4 is 6.15 Å². The van der Waals surface area contributed by atoms with Crippen molar-refractivity contribution in [3.8, 4) is 0 Å². The summed E-state index contributed by atoms with van der Waals surface area (Å²) in [5.41, 5.74) is 0. The van der Waals surface area contributed by atoms with Gasteiger partial charge in [0.05, 0.1) is 0 Å². The molecule has 0 rings (SSSR count). The molecule has 38 valence electrons. The average Bonchev–Trinajstić information content (AvgIpc) is 0.811. The zero-order chi connectivity index (χ0) is 3.58. The Bertz CT molecular complexity index is 22.0. The summed E-state index contributed by atoms with van der Waals surface area (Å²) < 4.78 is 0. The minimum absolute atomic E-state index is 0. The second-order valence-corrected chi connectivity index (χ2v) is 0.805. The first-order chi connectivity index (χ1) is 1.73. The summed E-state index contributed by atoms with van der Waals surface area (Å²) in [6.07, 6.45) is 0. The van der Waals surface area contributed by atoms with Gasteiger partial charge in [0.15, 0.2) is 0 Å². The molecule has 6 heavy (non-hydrogen) atoms. The molecule has 0 atom stereocenters. The summed E-state index contributed by atoms with van der Waals surface area (Å²) in [5, 5.41) is 0. The maximum Gasteiger partial charge on any atom is 2.00 e. The topological polar surface area (TPSA) is 95.7 Å². The van der Waals surface area contributed by atoms with Gasteiger partial charge in [0.1, 0.15) is 0 Å². The third kappa shape index (κ3) is 76.4. The summed E-state index contributed by atoms with van der Waals surface area (Å²) in [4.78, 5) is 21.7. The molecule has 0 aliphatic carbocycles. The molecular weight excluding hydrogens is 117 g/mol. The third-order valence-electron chi connectivity index (χ3n) is 0. The van der Waals surface area contributed by atoms with E-state index in [2.05, 4.69) is 0 Å². The van der Waals surface area contributed by atoms with Gasteiger partial charge in [0, 0.05) is 0 Å². The molecule has 6 N–H and O–H groups in total. The average molecular weight is 125 g/mol. The van der Waals surface area contributed by atoms with Crippen molar-refractivity contribution in [2.75, 3.05) is 0 Å². The van der Waals surface area contributed by atoms with Crippen molar-refractivity contribution in [2.45, 2.75) is 0 Å². The molecule has 0 amide bonds. The Balaban J connectivity index is -0.00000000750. The van der Waals surface area contributed by atoms with Crippen molar-refractivity contribution in [2.24, 2.45) is 0 Å². The van der Waals surface area contributed by atoms with Crippen LogP contribution in [0.3, 0.4) is 0 Å². The molecule has 6 heteroatoms. The number of hydrogen-bond donors (Lipinski definition) is 4. The summed E-state index contributed by atoms with van der Waals surface area (Å²) in [6, 6.07) is 0. The zero-order valence-electron chi connectivity index (χ0n) is 5.20. The summed E-state index contributed by atoms with van der Waals surface area (Å²) >= 11 is 0. The molecule has 0 aliphatic rings. The fraction of sp³-hybridized carbons (Fsp3) is 0. The Labute approximate surface area is 55.9 Å². The van der Waals surface area contributed by atoms with Crippen molar-refractivity contribution in [1.29, 1.82) is 0 Å². The van der Waals surface area contributed by atoms with Gasteiger partial charge in [-0.15, -0.1) is 0 Å². The predicted octanol–water partition coefficient (Wildman–Crippen LogP) is -0.804. The maximum absolute atomic E-state index is 7.23. The largest absolute Gasteiger partial charge is 2.00 e. The number of hydrogen-bond acceptors (Lipinski definition) is 4. The van der Waals surface area contributed by atoms with Crippen LogP contribution in [0.5, 0.6) is 0 Å². The second kappa shape index (κ2) is 9.40. The Morgan fingerprint density at radius 1 is 1.17 bits per heavy atom. The van der Waals surface area contributed by atoms with Crippen molar-refractivity contribution in [3.05, 3.63) is 0 Å². The van der Waals surface area contributed by atoms with E-state index in [9.17, 15) is 0 Å². The van der Waals surface area contributed by atoms with Crippen LogP contribution in [-0.4, -0.2) is 37.7 Å². The smallest absolute Gasteiger partial charge is 1.00 e. The maximum atomic E-state index is 7.23. The van der Waals surface area contributed by atoms with Crippen molar-refractivity contribution in [3.63, 3.8) is 0 Å². The first-order valence-corrected chi connectivity index (χ1v) is 1.80. The van der Waals surface area contributed by atoms with E-state index in [0.29, 0.717) is 0 Å². The van der Waals surface area contributed by atoms with Gasteiger partial charge in [-0.05, 0) is 0 Å². The quantitative estimate of drug-likeness (QED) is 0.252. The van der Waals surface area contributed by atoms with Crippen LogP contribution in [-0.2, 0) is 0 Å². The van der Waals surface area contributed by atoms with Crippen LogP contribution in [0.1, 0.15) is 2.85 Å². The van der Waals surface area contributed by atoms with E-state index >= 15 is 0 Å². The summed E-state index contributed by atoms with van der Waals surface area (Å²) in [5.74, 6) is 0. The fourth-order valence-corrected chi connectivity index (χ4v) is 0. The van der Waals surface area contributed by atoms with Gasteiger partial charge >= 0.3 is 31.7 Å².